The lowest BCUT2D eigenvalue weighted by Gasteiger charge is -2.23. The maximum atomic E-state index is 9.69. The molecule has 25 heavy (non-hydrogen) atoms. The SMILES string of the molecule is C/C=C/CCCCCCCCCCCCCCC1=NCCN1C(C)O. The van der Waals surface area contributed by atoms with Crippen LogP contribution in [-0.2, 0) is 0 Å². The van der Waals surface area contributed by atoms with Crippen LogP contribution in [0.4, 0.5) is 0 Å². The first-order valence-electron chi connectivity index (χ1n) is 10.8. The molecule has 1 atom stereocenters. The van der Waals surface area contributed by atoms with Crippen molar-refractivity contribution in [2.45, 2.75) is 110 Å². The highest BCUT2D eigenvalue weighted by Crippen LogP contribution is 2.15. The summed E-state index contributed by atoms with van der Waals surface area (Å²) in [4.78, 5) is 6.56. The Bertz CT molecular complexity index is 363. The number of aliphatic imine (C=N–C) groups is 1. The van der Waals surface area contributed by atoms with E-state index in [0.29, 0.717) is 0 Å². The number of aliphatic hydroxyl groups is 1. The van der Waals surface area contributed by atoms with Crippen LogP contribution in [-0.4, -0.2) is 35.2 Å². The predicted molar refractivity (Wildman–Crippen MR) is 110 cm³/mol. The lowest BCUT2D eigenvalue weighted by Crippen LogP contribution is -2.35. The molecule has 1 aliphatic heterocycles. The van der Waals surface area contributed by atoms with E-state index in [1.807, 2.05) is 11.8 Å². The van der Waals surface area contributed by atoms with Gasteiger partial charge in [-0.05, 0) is 33.1 Å². The topological polar surface area (TPSA) is 35.8 Å². The first-order valence-corrected chi connectivity index (χ1v) is 10.8. The summed E-state index contributed by atoms with van der Waals surface area (Å²) in [6.45, 7) is 5.69. The molecule has 0 aromatic carbocycles. The molecule has 1 unspecified atom stereocenters. The van der Waals surface area contributed by atoms with E-state index in [4.69, 9.17) is 0 Å². The number of hydrogen-bond donors (Lipinski definition) is 1. The minimum Gasteiger partial charge on any atom is -0.374 e. The van der Waals surface area contributed by atoms with Crippen molar-refractivity contribution in [1.29, 1.82) is 0 Å². The lowest BCUT2D eigenvalue weighted by molar-refractivity contribution is 0.0766. The summed E-state index contributed by atoms with van der Waals surface area (Å²) in [5.74, 6) is 1.13. The van der Waals surface area contributed by atoms with E-state index < -0.39 is 0 Å². The molecule has 0 bridgehead atoms. The van der Waals surface area contributed by atoms with Crippen molar-refractivity contribution < 1.29 is 5.11 Å². The number of amidine groups is 1. The number of aliphatic hydroxyl groups excluding tert-OH is 1. The minimum atomic E-state index is -0.380. The van der Waals surface area contributed by atoms with Crippen molar-refractivity contribution in [2.75, 3.05) is 13.1 Å². The van der Waals surface area contributed by atoms with E-state index in [1.54, 1.807) is 0 Å². The van der Waals surface area contributed by atoms with Gasteiger partial charge >= 0.3 is 0 Å². The highest BCUT2D eigenvalue weighted by molar-refractivity contribution is 5.83. The van der Waals surface area contributed by atoms with Crippen LogP contribution in [0.2, 0.25) is 0 Å². The Morgan fingerprint density at radius 1 is 0.920 bits per heavy atom. The highest BCUT2D eigenvalue weighted by Gasteiger charge is 2.19. The molecule has 0 spiro atoms. The minimum absolute atomic E-state index is 0.380. The van der Waals surface area contributed by atoms with Crippen molar-refractivity contribution in [3.63, 3.8) is 0 Å². The maximum Gasteiger partial charge on any atom is 0.125 e. The van der Waals surface area contributed by atoms with Crippen LogP contribution in [0.1, 0.15) is 104 Å². The smallest absolute Gasteiger partial charge is 0.125 e. The van der Waals surface area contributed by atoms with Crippen LogP contribution in [0.15, 0.2) is 17.1 Å². The Morgan fingerprint density at radius 2 is 1.44 bits per heavy atom. The average molecular weight is 351 g/mol. The third-order valence-electron chi connectivity index (χ3n) is 5.17. The van der Waals surface area contributed by atoms with Gasteiger partial charge in [0, 0.05) is 13.0 Å². The molecule has 1 N–H and O–H groups in total. The van der Waals surface area contributed by atoms with Crippen LogP contribution in [0.3, 0.4) is 0 Å². The van der Waals surface area contributed by atoms with Gasteiger partial charge in [-0.1, -0.05) is 76.4 Å². The molecule has 0 radical (unpaired) electrons. The molecule has 0 fully saturated rings. The number of nitrogens with zero attached hydrogens (tertiary/aromatic N) is 2. The number of rotatable bonds is 16. The Hall–Kier alpha value is -0.830. The molecule has 3 nitrogen and oxygen atoms in total. The molecule has 0 aromatic rings. The van der Waals surface area contributed by atoms with Gasteiger partial charge in [0.05, 0.1) is 6.54 Å². The standard InChI is InChI=1S/C22H42N2O/c1-3-4-5-6-7-8-9-10-11-12-13-14-15-16-17-18-22-23-19-20-24(22)21(2)25/h3-4,21,25H,5-20H2,1-2H3/b4-3+. The molecule has 3 heteroatoms. The molecule has 1 rings (SSSR count). The van der Waals surface area contributed by atoms with Crippen LogP contribution in [0.25, 0.3) is 0 Å². The van der Waals surface area contributed by atoms with Crippen molar-refractivity contribution in [3.05, 3.63) is 12.2 Å². The van der Waals surface area contributed by atoms with Gasteiger partial charge < -0.3 is 10.0 Å². The van der Waals surface area contributed by atoms with Crippen LogP contribution >= 0.6 is 0 Å². The molecule has 1 aliphatic rings. The van der Waals surface area contributed by atoms with E-state index in [0.717, 1.165) is 25.3 Å². The molecule has 0 saturated carbocycles. The predicted octanol–water partition coefficient (Wildman–Crippen LogP) is 6.08. The van der Waals surface area contributed by atoms with Gasteiger partial charge in [0.15, 0.2) is 0 Å². The Balaban J connectivity index is 1.79. The molecule has 146 valence electrons. The zero-order valence-electron chi connectivity index (χ0n) is 16.9. The normalized spacial score (nSPS) is 16.0. The van der Waals surface area contributed by atoms with E-state index in [1.165, 1.54) is 83.5 Å². The molecular formula is C22H42N2O. The summed E-state index contributed by atoms with van der Waals surface area (Å²) in [6.07, 6.45) is 22.9. The summed E-state index contributed by atoms with van der Waals surface area (Å²) < 4.78 is 0. The third kappa shape index (κ3) is 11.4. The average Bonchev–Trinajstić information content (AvgIpc) is 3.07. The van der Waals surface area contributed by atoms with Gasteiger partial charge in [0.2, 0.25) is 0 Å². The van der Waals surface area contributed by atoms with Crippen molar-refractivity contribution in [2.24, 2.45) is 4.99 Å². The second kappa shape index (κ2) is 15.4. The molecule has 0 aromatic heterocycles. The van der Waals surface area contributed by atoms with E-state index >= 15 is 0 Å². The second-order valence-corrected chi connectivity index (χ2v) is 7.47. The zero-order chi connectivity index (χ0) is 18.2. The van der Waals surface area contributed by atoms with Crippen LogP contribution in [0, 0.1) is 0 Å². The largest absolute Gasteiger partial charge is 0.374 e. The fraction of sp³-hybridized carbons (Fsp3) is 0.864. The van der Waals surface area contributed by atoms with Crippen molar-refractivity contribution >= 4 is 5.84 Å². The maximum absolute atomic E-state index is 9.69. The first kappa shape index (κ1) is 22.2. The molecule has 1 heterocycles. The van der Waals surface area contributed by atoms with Crippen LogP contribution < -0.4 is 0 Å². The lowest BCUT2D eigenvalue weighted by atomic mass is 10.0. The summed E-state index contributed by atoms with van der Waals surface area (Å²) in [5.41, 5.74) is 0. The monoisotopic (exact) mass is 350 g/mol. The second-order valence-electron chi connectivity index (χ2n) is 7.47. The first-order chi connectivity index (χ1) is 12.3. The summed E-state index contributed by atoms with van der Waals surface area (Å²) in [6, 6.07) is 0. The van der Waals surface area contributed by atoms with E-state index in [2.05, 4.69) is 24.1 Å². The molecule has 0 amide bonds. The fourth-order valence-corrected chi connectivity index (χ4v) is 3.61. The van der Waals surface area contributed by atoms with E-state index in [-0.39, 0.29) is 6.23 Å². The van der Waals surface area contributed by atoms with Gasteiger partial charge in [-0.25, -0.2) is 0 Å². The Labute approximate surface area is 156 Å². The van der Waals surface area contributed by atoms with Gasteiger partial charge in [0.1, 0.15) is 12.1 Å². The Kier molecular flexibility index (Phi) is 13.7. The van der Waals surface area contributed by atoms with Crippen molar-refractivity contribution in [3.8, 4) is 0 Å². The number of hydrogen-bond acceptors (Lipinski definition) is 3. The van der Waals surface area contributed by atoms with Gasteiger partial charge in [-0.15, -0.1) is 0 Å². The number of unbranched alkanes of at least 4 members (excludes halogenated alkanes) is 12. The molecule has 0 aliphatic carbocycles. The molecular weight excluding hydrogens is 308 g/mol. The summed E-state index contributed by atoms with van der Waals surface area (Å²) in [5, 5.41) is 9.69. The van der Waals surface area contributed by atoms with Crippen molar-refractivity contribution in [1.82, 2.24) is 4.90 Å². The van der Waals surface area contributed by atoms with Gasteiger partial charge in [-0.3, -0.25) is 4.99 Å². The zero-order valence-corrected chi connectivity index (χ0v) is 16.9. The van der Waals surface area contributed by atoms with Gasteiger partial charge in [0.25, 0.3) is 0 Å². The number of allylic oxidation sites excluding steroid dienone is 2. The highest BCUT2D eigenvalue weighted by atomic mass is 16.3. The van der Waals surface area contributed by atoms with E-state index in [9.17, 15) is 5.11 Å². The van der Waals surface area contributed by atoms with Crippen LogP contribution in [0.5, 0.6) is 0 Å². The Morgan fingerprint density at radius 3 is 1.96 bits per heavy atom. The molecule has 0 saturated heterocycles. The third-order valence-corrected chi connectivity index (χ3v) is 5.17. The van der Waals surface area contributed by atoms with Gasteiger partial charge in [-0.2, -0.15) is 0 Å². The summed E-state index contributed by atoms with van der Waals surface area (Å²) in [7, 11) is 0. The summed E-state index contributed by atoms with van der Waals surface area (Å²) >= 11 is 0. The fourth-order valence-electron chi connectivity index (χ4n) is 3.61. The quantitative estimate of drug-likeness (QED) is 0.270.